The monoisotopic (exact) mass is 316 g/mol. The van der Waals surface area contributed by atoms with E-state index in [9.17, 15) is 4.79 Å². The molecule has 3 aromatic carbocycles. The summed E-state index contributed by atoms with van der Waals surface area (Å²) in [7, 11) is 0. The predicted octanol–water partition coefficient (Wildman–Crippen LogP) is 3.91. The molecular weight excluding hydrogens is 296 g/mol. The quantitative estimate of drug-likeness (QED) is 0.701. The van der Waals surface area contributed by atoms with Crippen LogP contribution in [0.25, 0.3) is 11.1 Å². The number of nitrogen functional groups attached to an aromatic ring is 1. The van der Waals surface area contributed by atoms with Crippen molar-refractivity contribution in [1.82, 2.24) is 5.32 Å². The molecule has 0 unspecified atom stereocenters. The maximum Gasteiger partial charge on any atom is 0.253 e. The molecule has 1 amide bonds. The Kier molecular flexibility index (Phi) is 4.92. The first-order valence-electron chi connectivity index (χ1n) is 8.01. The van der Waals surface area contributed by atoms with E-state index in [1.54, 1.807) is 6.07 Å². The van der Waals surface area contributed by atoms with Crippen LogP contribution in [0.1, 0.15) is 15.9 Å². The normalized spacial score (nSPS) is 10.3. The third-order valence-electron chi connectivity index (χ3n) is 3.95. The fraction of sp³-hybridized carbons (Fsp3) is 0.0952. The number of carbonyl (C=O) groups excluding carboxylic acids is 1. The Labute approximate surface area is 142 Å². The minimum atomic E-state index is -0.138. The van der Waals surface area contributed by atoms with Crippen molar-refractivity contribution < 1.29 is 4.79 Å². The Balaban J connectivity index is 1.70. The summed E-state index contributed by atoms with van der Waals surface area (Å²) in [5, 5.41) is 2.95. The molecule has 0 radical (unpaired) electrons. The molecular formula is C21H20N2O. The van der Waals surface area contributed by atoms with Gasteiger partial charge in [0.2, 0.25) is 0 Å². The van der Waals surface area contributed by atoms with E-state index in [2.05, 4.69) is 17.4 Å². The van der Waals surface area contributed by atoms with Crippen molar-refractivity contribution in [2.24, 2.45) is 0 Å². The highest BCUT2D eigenvalue weighted by Gasteiger charge is 2.11. The van der Waals surface area contributed by atoms with E-state index in [4.69, 9.17) is 5.73 Å². The number of nitrogens with two attached hydrogens (primary N) is 1. The molecule has 3 nitrogen and oxygen atoms in total. The van der Waals surface area contributed by atoms with Gasteiger partial charge in [0.25, 0.3) is 5.91 Å². The molecule has 3 N–H and O–H groups in total. The largest absolute Gasteiger partial charge is 0.398 e. The molecule has 0 spiro atoms. The van der Waals surface area contributed by atoms with Crippen molar-refractivity contribution in [2.45, 2.75) is 6.42 Å². The van der Waals surface area contributed by atoms with Gasteiger partial charge in [0, 0.05) is 12.2 Å². The van der Waals surface area contributed by atoms with Crippen molar-refractivity contribution in [3.8, 4) is 11.1 Å². The number of hydrogen-bond donors (Lipinski definition) is 2. The van der Waals surface area contributed by atoms with Crippen molar-refractivity contribution in [2.75, 3.05) is 12.3 Å². The predicted molar refractivity (Wildman–Crippen MR) is 98.8 cm³/mol. The number of hydrogen-bond acceptors (Lipinski definition) is 2. The summed E-state index contributed by atoms with van der Waals surface area (Å²) in [6.07, 6.45) is 0.796. The lowest BCUT2D eigenvalue weighted by molar-refractivity contribution is 0.0955. The standard InChI is InChI=1S/C21H20N2O/c22-20-12-11-18(17-9-5-2-6-10-17)15-19(20)21(24)23-14-13-16-7-3-1-4-8-16/h1-12,15H,13-14,22H2,(H,23,24). The minimum Gasteiger partial charge on any atom is -0.398 e. The topological polar surface area (TPSA) is 55.1 Å². The van der Waals surface area contributed by atoms with Gasteiger partial charge in [0.15, 0.2) is 0 Å². The molecule has 0 aliphatic heterocycles. The van der Waals surface area contributed by atoms with Gasteiger partial charge in [0.1, 0.15) is 0 Å². The molecule has 0 atom stereocenters. The van der Waals surface area contributed by atoms with Crippen LogP contribution in [0.4, 0.5) is 5.69 Å². The molecule has 3 rings (SSSR count). The van der Waals surface area contributed by atoms with Crippen LogP contribution in [0.15, 0.2) is 78.9 Å². The van der Waals surface area contributed by atoms with Crippen LogP contribution in [0.5, 0.6) is 0 Å². The third kappa shape index (κ3) is 3.82. The number of nitrogens with one attached hydrogen (secondary N) is 1. The van der Waals surface area contributed by atoms with E-state index in [0.717, 1.165) is 17.5 Å². The van der Waals surface area contributed by atoms with Gasteiger partial charge in [-0.2, -0.15) is 0 Å². The minimum absolute atomic E-state index is 0.138. The van der Waals surface area contributed by atoms with Gasteiger partial charge in [-0.05, 0) is 35.2 Å². The Morgan fingerprint density at radius 3 is 2.21 bits per heavy atom. The van der Waals surface area contributed by atoms with Gasteiger partial charge in [0.05, 0.1) is 5.56 Å². The third-order valence-corrected chi connectivity index (χ3v) is 3.95. The molecule has 0 bridgehead atoms. The molecule has 0 fully saturated rings. The molecule has 0 aromatic heterocycles. The molecule has 0 aliphatic carbocycles. The van der Waals surface area contributed by atoms with Gasteiger partial charge < -0.3 is 11.1 Å². The summed E-state index contributed by atoms with van der Waals surface area (Å²) in [5.41, 5.74) is 10.2. The molecule has 0 heterocycles. The molecule has 120 valence electrons. The lowest BCUT2D eigenvalue weighted by Crippen LogP contribution is -2.26. The van der Waals surface area contributed by atoms with E-state index >= 15 is 0 Å². The second-order valence-electron chi connectivity index (χ2n) is 5.66. The Morgan fingerprint density at radius 1 is 0.833 bits per heavy atom. The zero-order valence-electron chi connectivity index (χ0n) is 13.4. The average molecular weight is 316 g/mol. The number of benzene rings is 3. The second-order valence-corrected chi connectivity index (χ2v) is 5.66. The van der Waals surface area contributed by atoms with Crippen molar-refractivity contribution >= 4 is 11.6 Å². The Morgan fingerprint density at radius 2 is 1.50 bits per heavy atom. The lowest BCUT2D eigenvalue weighted by atomic mass is 10.0. The van der Waals surface area contributed by atoms with Gasteiger partial charge in [-0.25, -0.2) is 0 Å². The number of amides is 1. The van der Waals surface area contributed by atoms with Gasteiger partial charge in [-0.1, -0.05) is 66.7 Å². The van der Waals surface area contributed by atoms with Crippen LogP contribution in [-0.4, -0.2) is 12.5 Å². The fourth-order valence-corrected chi connectivity index (χ4v) is 2.62. The van der Waals surface area contributed by atoms with E-state index in [-0.39, 0.29) is 5.91 Å². The van der Waals surface area contributed by atoms with E-state index < -0.39 is 0 Å². The smallest absolute Gasteiger partial charge is 0.253 e. The fourth-order valence-electron chi connectivity index (χ4n) is 2.62. The first-order valence-corrected chi connectivity index (χ1v) is 8.01. The van der Waals surface area contributed by atoms with Crippen LogP contribution in [0.2, 0.25) is 0 Å². The first kappa shape index (κ1) is 15.8. The molecule has 0 aliphatic rings. The van der Waals surface area contributed by atoms with E-state index in [0.29, 0.717) is 17.8 Å². The van der Waals surface area contributed by atoms with Gasteiger partial charge >= 0.3 is 0 Å². The molecule has 3 aromatic rings. The first-order chi connectivity index (χ1) is 11.7. The SMILES string of the molecule is Nc1ccc(-c2ccccc2)cc1C(=O)NCCc1ccccc1. The highest BCUT2D eigenvalue weighted by molar-refractivity contribution is 6.00. The van der Waals surface area contributed by atoms with Gasteiger partial charge in [-0.3, -0.25) is 4.79 Å². The van der Waals surface area contributed by atoms with E-state index in [1.807, 2.05) is 60.7 Å². The summed E-state index contributed by atoms with van der Waals surface area (Å²) in [6, 6.07) is 25.6. The average Bonchev–Trinajstić information content (AvgIpc) is 2.63. The Bertz CT molecular complexity index is 814. The number of carbonyl (C=O) groups is 1. The summed E-state index contributed by atoms with van der Waals surface area (Å²) < 4.78 is 0. The molecule has 3 heteroatoms. The zero-order valence-corrected chi connectivity index (χ0v) is 13.4. The van der Waals surface area contributed by atoms with Crippen LogP contribution in [0, 0.1) is 0 Å². The van der Waals surface area contributed by atoms with Crippen LogP contribution in [-0.2, 0) is 6.42 Å². The van der Waals surface area contributed by atoms with Crippen LogP contribution < -0.4 is 11.1 Å². The van der Waals surface area contributed by atoms with Crippen LogP contribution >= 0.6 is 0 Å². The van der Waals surface area contributed by atoms with E-state index in [1.165, 1.54) is 5.56 Å². The number of rotatable bonds is 5. The maximum absolute atomic E-state index is 12.4. The zero-order chi connectivity index (χ0) is 16.8. The number of anilines is 1. The summed E-state index contributed by atoms with van der Waals surface area (Å²) in [5.74, 6) is -0.138. The van der Waals surface area contributed by atoms with Crippen molar-refractivity contribution in [3.63, 3.8) is 0 Å². The Hall–Kier alpha value is -3.07. The van der Waals surface area contributed by atoms with Crippen LogP contribution in [0.3, 0.4) is 0 Å². The highest BCUT2D eigenvalue weighted by atomic mass is 16.1. The highest BCUT2D eigenvalue weighted by Crippen LogP contribution is 2.23. The summed E-state index contributed by atoms with van der Waals surface area (Å²) in [4.78, 5) is 12.4. The molecule has 24 heavy (non-hydrogen) atoms. The maximum atomic E-state index is 12.4. The van der Waals surface area contributed by atoms with Gasteiger partial charge in [-0.15, -0.1) is 0 Å². The van der Waals surface area contributed by atoms with Crippen molar-refractivity contribution in [1.29, 1.82) is 0 Å². The van der Waals surface area contributed by atoms with Crippen molar-refractivity contribution in [3.05, 3.63) is 90.0 Å². The summed E-state index contributed by atoms with van der Waals surface area (Å²) in [6.45, 7) is 0.581. The lowest BCUT2D eigenvalue weighted by Gasteiger charge is -2.10. The molecule has 0 saturated heterocycles. The second kappa shape index (κ2) is 7.47. The molecule has 0 saturated carbocycles. The summed E-state index contributed by atoms with van der Waals surface area (Å²) >= 11 is 0.